The molecule has 2 aliphatic rings. The first kappa shape index (κ1) is 22.1. The Morgan fingerprint density at radius 3 is 2.31 bits per heavy atom. The van der Waals surface area contributed by atoms with E-state index >= 15 is 0 Å². The highest BCUT2D eigenvalue weighted by atomic mass is 79.9. The fourth-order valence-electron chi connectivity index (χ4n) is 4.66. The molecule has 1 aromatic carbocycles. The number of carboxylic acids is 1. The zero-order valence-corrected chi connectivity index (χ0v) is 19.0. The number of hydrogen-bond donors (Lipinski definition) is 1. The van der Waals surface area contributed by atoms with Crippen LogP contribution >= 0.6 is 15.9 Å². The molecule has 0 bridgehead atoms. The molecule has 1 heterocycles. The summed E-state index contributed by atoms with van der Waals surface area (Å²) in [5, 5.41) is 9.27. The second-order valence-electron chi connectivity index (χ2n) is 9.21. The molecule has 1 atom stereocenters. The number of carbonyl (C=O) groups excluding carboxylic acids is 1. The van der Waals surface area contributed by atoms with Crippen LogP contribution in [0.15, 0.2) is 28.7 Å². The Labute approximate surface area is 180 Å². The van der Waals surface area contributed by atoms with Gasteiger partial charge in [0, 0.05) is 16.4 Å². The van der Waals surface area contributed by atoms with Crippen molar-refractivity contribution in [2.24, 2.45) is 0 Å². The number of likely N-dealkylation sites (tertiary alicyclic amines) is 1. The lowest BCUT2D eigenvalue weighted by Gasteiger charge is -2.41. The number of benzene rings is 1. The van der Waals surface area contributed by atoms with Crippen molar-refractivity contribution in [3.8, 4) is 0 Å². The lowest BCUT2D eigenvalue weighted by molar-refractivity contribution is -0.150. The zero-order valence-electron chi connectivity index (χ0n) is 17.4. The number of hydrogen-bond acceptors (Lipinski definition) is 4. The molecule has 160 valence electrons. The van der Waals surface area contributed by atoms with Gasteiger partial charge in [0.2, 0.25) is 0 Å². The molecule has 1 saturated heterocycles. The smallest absolute Gasteiger partial charge is 0.410 e. The highest BCUT2D eigenvalue weighted by molar-refractivity contribution is 9.10. The van der Waals surface area contributed by atoms with E-state index in [0.717, 1.165) is 42.1 Å². The molecule has 1 aliphatic heterocycles. The van der Waals surface area contributed by atoms with Crippen molar-refractivity contribution < 1.29 is 24.2 Å². The third-order valence-electron chi connectivity index (χ3n) is 5.84. The molecule has 7 heteroatoms. The van der Waals surface area contributed by atoms with Crippen molar-refractivity contribution in [3.05, 3.63) is 34.3 Å². The topological polar surface area (TPSA) is 76.1 Å². The van der Waals surface area contributed by atoms with Gasteiger partial charge in [-0.25, -0.2) is 9.59 Å². The van der Waals surface area contributed by atoms with Crippen LogP contribution in [0.1, 0.15) is 64.9 Å². The van der Waals surface area contributed by atoms with Crippen molar-refractivity contribution in [2.75, 3.05) is 13.2 Å². The van der Waals surface area contributed by atoms with Crippen LogP contribution in [-0.2, 0) is 19.9 Å². The Hall–Kier alpha value is -1.60. The lowest BCUT2D eigenvalue weighted by Crippen LogP contribution is -2.50. The summed E-state index contributed by atoms with van der Waals surface area (Å²) >= 11 is 3.45. The van der Waals surface area contributed by atoms with Gasteiger partial charge in [-0.1, -0.05) is 47.3 Å². The Morgan fingerprint density at radius 1 is 1.14 bits per heavy atom. The molecule has 1 spiro atoms. The van der Waals surface area contributed by atoms with Gasteiger partial charge in [-0.3, -0.25) is 4.90 Å². The van der Waals surface area contributed by atoms with Gasteiger partial charge in [0.05, 0.1) is 6.54 Å². The third-order valence-corrected chi connectivity index (χ3v) is 6.37. The van der Waals surface area contributed by atoms with E-state index in [1.807, 2.05) is 49.9 Å². The molecule has 2 fully saturated rings. The minimum atomic E-state index is -1.02. The zero-order chi connectivity index (χ0) is 21.3. The molecular weight excluding hydrogens is 438 g/mol. The van der Waals surface area contributed by atoms with Gasteiger partial charge in [-0.15, -0.1) is 0 Å². The summed E-state index contributed by atoms with van der Waals surface area (Å²) in [4.78, 5) is 26.3. The second-order valence-corrected chi connectivity index (χ2v) is 10.1. The fourth-order valence-corrected chi connectivity index (χ4v) is 4.93. The number of halogens is 1. The van der Waals surface area contributed by atoms with Crippen LogP contribution < -0.4 is 0 Å². The van der Waals surface area contributed by atoms with Gasteiger partial charge < -0.3 is 14.6 Å². The van der Waals surface area contributed by atoms with Crippen LogP contribution in [0.4, 0.5) is 4.79 Å². The van der Waals surface area contributed by atoms with Crippen LogP contribution in [0.25, 0.3) is 0 Å². The maximum absolute atomic E-state index is 13.2. The highest BCUT2D eigenvalue weighted by Gasteiger charge is 2.57. The number of carboxylic acid groups (broad SMARTS) is 1. The number of nitrogens with zero attached hydrogens (tertiary/aromatic N) is 1. The number of ether oxygens (including phenoxy) is 2. The standard InChI is InChI=1S/C22H30BrNO5/c1-20(2,3)29-19(27)24-15-22(28-13-18(25)26,16-7-9-17(23)10-8-16)14-21(24)11-5-4-6-12-21/h7-10H,4-6,11-15H2,1-3H3,(H,25,26). The van der Waals surface area contributed by atoms with Crippen LogP contribution in [0.5, 0.6) is 0 Å². The molecule has 1 amide bonds. The summed E-state index contributed by atoms with van der Waals surface area (Å²) in [7, 11) is 0. The van der Waals surface area contributed by atoms with Gasteiger partial charge in [0.25, 0.3) is 0 Å². The van der Waals surface area contributed by atoms with E-state index in [-0.39, 0.29) is 18.2 Å². The van der Waals surface area contributed by atoms with Crippen molar-refractivity contribution in [1.29, 1.82) is 0 Å². The monoisotopic (exact) mass is 467 g/mol. The fraction of sp³-hybridized carbons (Fsp3) is 0.636. The SMILES string of the molecule is CC(C)(C)OC(=O)N1CC(OCC(=O)O)(c2ccc(Br)cc2)CC12CCCCC2. The number of carbonyl (C=O) groups is 2. The summed E-state index contributed by atoms with van der Waals surface area (Å²) in [5.41, 5.74) is -0.949. The highest BCUT2D eigenvalue weighted by Crippen LogP contribution is 2.51. The lowest BCUT2D eigenvalue weighted by atomic mass is 9.76. The molecule has 1 aliphatic carbocycles. The Morgan fingerprint density at radius 2 is 1.76 bits per heavy atom. The first-order chi connectivity index (χ1) is 13.6. The van der Waals surface area contributed by atoms with E-state index in [1.54, 1.807) is 0 Å². The third kappa shape index (κ3) is 4.94. The molecule has 1 saturated carbocycles. The minimum absolute atomic E-state index is 0.289. The van der Waals surface area contributed by atoms with Crippen molar-refractivity contribution in [2.45, 2.75) is 76.0 Å². The van der Waals surface area contributed by atoms with Crippen LogP contribution in [0.3, 0.4) is 0 Å². The van der Waals surface area contributed by atoms with E-state index in [1.165, 1.54) is 0 Å². The molecule has 6 nitrogen and oxygen atoms in total. The molecule has 0 aromatic heterocycles. The molecule has 1 unspecified atom stereocenters. The summed E-state index contributed by atoms with van der Waals surface area (Å²) in [6.07, 6.45) is 5.20. The number of aliphatic carboxylic acids is 1. The first-order valence-electron chi connectivity index (χ1n) is 10.2. The normalized spacial score (nSPS) is 23.9. The van der Waals surface area contributed by atoms with Crippen molar-refractivity contribution >= 4 is 28.0 Å². The van der Waals surface area contributed by atoms with E-state index in [0.29, 0.717) is 6.42 Å². The second kappa shape index (κ2) is 8.26. The summed E-state index contributed by atoms with van der Waals surface area (Å²) in [6.45, 7) is 5.46. The molecule has 0 radical (unpaired) electrons. The predicted octanol–water partition coefficient (Wildman–Crippen LogP) is 5.09. The van der Waals surface area contributed by atoms with Gasteiger partial charge in [-0.05, 0) is 51.3 Å². The maximum atomic E-state index is 13.2. The molecule has 3 rings (SSSR count). The Balaban J connectivity index is 2.01. The van der Waals surface area contributed by atoms with Crippen molar-refractivity contribution in [1.82, 2.24) is 4.90 Å². The van der Waals surface area contributed by atoms with E-state index in [9.17, 15) is 14.7 Å². The average molecular weight is 468 g/mol. The van der Waals surface area contributed by atoms with E-state index < -0.39 is 23.8 Å². The largest absolute Gasteiger partial charge is 0.480 e. The van der Waals surface area contributed by atoms with Gasteiger partial charge >= 0.3 is 12.1 Å². The summed E-state index contributed by atoms with van der Waals surface area (Å²) < 4.78 is 12.7. The molecular formula is C22H30BrNO5. The van der Waals surface area contributed by atoms with Crippen LogP contribution in [-0.4, -0.2) is 46.4 Å². The van der Waals surface area contributed by atoms with E-state index in [2.05, 4.69) is 15.9 Å². The van der Waals surface area contributed by atoms with Crippen molar-refractivity contribution in [3.63, 3.8) is 0 Å². The Bertz CT molecular complexity index is 751. The number of rotatable bonds is 4. The quantitative estimate of drug-likeness (QED) is 0.666. The predicted molar refractivity (Wildman–Crippen MR) is 113 cm³/mol. The van der Waals surface area contributed by atoms with Crippen LogP contribution in [0.2, 0.25) is 0 Å². The van der Waals surface area contributed by atoms with Crippen LogP contribution in [0, 0.1) is 0 Å². The van der Waals surface area contributed by atoms with E-state index in [4.69, 9.17) is 9.47 Å². The number of amides is 1. The molecule has 1 aromatic rings. The first-order valence-corrected chi connectivity index (χ1v) is 11.0. The molecule has 1 N–H and O–H groups in total. The minimum Gasteiger partial charge on any atom is -0.480 e. The average Bonchev–Trinajstić information content (AvgIpc) is 2.95. The van der Waals surface area contributed by atoms with Gasteiger partial charge in [0.15, 0.2) is 0 Å². The van der Waals surface area contributed by atoms with Gasteiger partial charge in [0.1, 0.15) is 17.8 Å². The maximum Gasteiger partial charge on any atom is 0.410 e. The van der Waals surface area contributed by atoms with Gasteiger partial charge in [-0.2, -0.15) is 0 Å². The molecule has 29 heavy (non-hydrogen) atoms. The Kier molecular flexibility index (Phi) is 6.30. The summed E-state index contributed by atoms with van der Waals surface area (Å²) in [6, 6.07) is 7.73. The summed E-state index contributed by atoms with van der Waals surface area (Å²) in [5.74, 6) is -1.02.